The van der Waals surface area contributed by atoms with E-state index in [0.717, 1.165) is 31.6 Å². The lowest BCUT2D eigenvalue weighted by atomic mass is 9.83. The van der Waals surface area contributed by atoms with E-state index >= 15 is 0 Å². The van der Waals surface area contributed by atoms with Crippen molar-refractivity contribution < 1.29 is 9.47 Å². The Morgan fingerprint density at radius 2 is 2.07 bits per heavy atom. The molecule has 2 aromatic rings. The van der Waals surface area contributed by atoms with Gasteiger partial charge in [-0.2, -0.15) is 0 Å². The maximum atomic E-state index is 6.05. The van der Waals surface area contributed by atoms with Gasteiger partial charge in [-0.25, -0.2) is 4.98 Å². The Morgan fingerprint density at radius 1 is 1.21 bits per heavy atom. The van der Waals surface area contributed by atoms with Crippen LogP contribution in [-0.2, 0) is 11.2 Å². The number of methoxy groups -OCH3 is 1. The molecule has 2 aromatic heterocycles. The fourth-order valence-electron chi connectivity index (χ4n) is 4.23. The van der Waals surface area contributed by atoms with E-state index in [1.165, 1.54) is 44.2 Å². The molecule has 2 aliphatic rings. The van der Waals surface area contributed by atoms with Crippen LogP contribution in [0.2, 0.25) is 0 Å². The van der Waals surface area contributed by atoms with E-state index in [2.05, 4.69) is 34.0 Å². The highest BCUT2D eigenvalue weighted by atomic mass is 16.5. The zero-order valence-electron chi connectivity index (χ0n) is 17.3. The van der Waals surface area contributed by atoms with Gasteiger partial charge in [0.15, 0.2) is 0 Å². The summed E-state index contributed by atoms with van der Waals surface area (Å²) in [4.78, 5) is 12.8. The molecule has 152 valence electrons. The smallest absolute Gasteiger partial charge is 0.232 e. The number of hydrogen-bond donors (Lipinski definition) is 0. The standard InChI is InChI=1S/C14H19NO.C9H14N2O/c1-4-9-15-13(5-1)12-6-10-16-14(11-12)7-2-3-8-14;1-3-4-5-8-6-10-7-9(11-8)12-2/h1,4-5,9,12H,2-3,6-8,10-11H2;6-7H,3-5H2,1-2H3/t12-;/m1./s1. The van der Waals surface area contributed by atoms with Crippen molar-refractivity contribution in [2.75, 3.05) is 13.7 Å². The summed E-state index contributed by atoms with van der Waals surface area (Å²) in [5, 5.41) is 0. The molecule has 1 saturated carbocycles. The van der Waals surface area contributed by atoms with Crippen molar-refractivity contribution in [1.29, 1.82) is 0 Å². The highest BCUT2D eigenvalue weighted by molar-refractivity contribution is 5.12. The predicted octanol–water partition coefficient (Wildman–Crippen LogP) is 5.12. The van der Waals surface area contributed by atoms with Crippen LogP contribution in [0.3, 0.4) is 0 Å². The first-order valence-corrected chi connectivity index (χ1v) is 10.6. The van der Waals surface area contributed by atoms with Crippen LogP contribution >= 0.6 is 0 Å². The molecule has 4 rings (SSSR count). The molecule has 1 spiro atoms. The Bertz CT molecular complexity index is 702. The van der Waals surface area contributed by atoms with Gasteiger partial charge in [0.2, 0.25) is 5.88 Å². The van der Waals surface area contributed by atoms with Gasteiger partial charge in [0, 0.05) is 30.6 Å². The van der Waals surface area contributed by atoms with Gasteiger partial charge in [0.1, 0.15) is 0 Å². The van der Waals surface area contributed by atoms with Crippen LogP contribution in [0.15, 0.2) is 36.8 Å². The van der Waals surface area contributed by atoms with E-state index in [1.807, 2.05) is 12.3 Å². The summed E-state index contributed by atoms with van der Waals surface area (Å²) < 4.78 is 11.0. The fraction of sp³-hybridized carbons (Fsp3) is 0.609. The van der Waals surface area contributed by atoms with E-state index in [0.29, 0.717) is 11.8 Å². The van der Waals surface area contributed by atoms with Gasteiger partial charge in [-0.3, -0.25) is 9.97 Å². The van der Waals surface area contributed by atoms with Crippen molar-refractivity contribution in [3.63, 3.8) is 0 Å². The van der Waals surface area contributed by atoms with Crippen LogP contribution in [0, 0.1) is 0 Å². The molecular formula is C23H33N3O2. The van der Waals surface area contributed by atoms with Crippen molar-refractivity contribution in [3.8, 4) is 5.88 Å². The lowest BCUT2D eigenvalue weighted by molar-refractivity contribution is -0.0809. The normalized spacial score (nSPS) is 20.4. The first-order valence-electron chi connectivity index (χ1n) is 10.6. The van der Waals surface area contributed by atoms with Gasteiger partial charge in [-0.05, 0) is 50.7 Å². The van der Waals surface area contributed by atoms with Crippen LogP contribution in [0.1, 0.15) is 75.6 Å². The Kier molecular flexibility index (Phi) is 7.78. The second-order valence-electron chi connectivity index (χ2n) is 7.84. The molecule has 2 fully saturated rings. The average Bonchev–Trinajstić information content (AvgIpc) is 3.21. The van der Waals surface area contributed by atoms with Crippen molar-refractivity contribution in [3.05, 3.63) is 48.2 Å². The molecule has 0 bridgehead atoms. The van der Waals surface area contributed by atoms with E-state index < -0.39 is 0 Å². The number of pyridine rings is 1. The van der Waals surface area contributed by atoms with Gasteiger partial charge < -0.3 is 9.47 Å². The van der Waals surface area contributed by atoms with E-state index in [9.17, 15) is 0 Å². The predicted molar refractivity (Wildman–Crippen MR) is 111 cm³/mol. The number of unbranched alkanes of at least 4 members (excludes halogenated alkanes) is 1. The van der Waals surface area contributed by atoms with Gasteiger partial charge in [0.25, 0.3) is 0 Å². The monoisotopic (exact) mass is 383 g/mol. The van der Waals surface area contributed by atoms with Crippen LogP contribution < -0.4 is 4.74 Å². The number of hydrogen-bond acceptors (Lipinski definition) is 5. The van der Waals surface area contributed by atoms with Crippen LogP contribution in [0.25, 0.3) is 0 Å². The van der Waals surface area contributed by atoms with Gasteiger partial charge in [-0.1, -0.05) is 32.3 Å². The molecule has 0 radical (unpaired) electrons. The summed E-state index contributed by atoms with van der Waals surface area (Å²) in [6, 6.07) is 6.26. The Morgan fingerprint density at radius 3 is 2.79 bits per heavy atom. The molecule has 0 aromatic carbocycles. The summed E-state index contributed by atoms with van der Waals surface area (Å²) >= 11 is 0. The summed E-state index contributed by atoms with van der Waals surface area (Å²) in [7, 11) is 1.60. The third kappa shape index (κ3) is 5.74. The molecule has 28 heavy (non-hydrogen) atoms. The summed E-state index contributed by atoms with van der Waals surface area (Å²) in [5.41, 5.74) is 2.48. The minimum Gasteiger partial charge on any atom is -0.480 e. The molecule has 1 aliphatic carbocycles. The highest BCUT2D eigenvalue weighted by Crippen LogP contribution is 2.44. The summed E-state index contributed by atoms with van der Waals surface area (Å²) in [6.07, 6.45) is 16.2. The Labute approximate surface area is 168 Å². The first kappa shape index (κ1) is 20.7. The van der Waals surface area contributed by atoms with Crippen LogP contribution in [-0.4, -0.2) is 34.3 Å². The van der Waals surface area contributed by atoms with Crippen molar-refractivity contribution >= 4 is 0 Å². The number of aromatic nitrogens is 3. The summed E-state index contributed by atoms with van der Waals surface area (Å²) in [5.74, 6) is 1.22. The minimum absolute atomic E-state index is 0.209. The van der Waals surface area contributed by atoms with Crippen LogP contribution in [0.5, 0.6) is 5.88 Å². The number of ether oxygens (including phenoxy) is 2. The molecule has 1 atom stereocenters. The zero-order valence-corrected chi connectivity index (χ0v) is 17.3. The maximum absolute atomic E-state index is 6.05. The lowest BCUT2D eigenvalue weighted by Gasteiger charge is -2.38. The van der Waals surface area contributed by atoms with Gasteiger partial charge in [0.05, 0.1) is 24.6 Å². The van der Waals surface area contributed by atoms with Crippen molar-refractivity contribution in [1.82, 2.24) is 15.0 Å². The number of aryl methyl sites for hydroxylation is 1. The molecule has 0 amide bonds. The largest absolute Gasteiger partial charge is 0.480 e. The second kappa shape index (κ2) is 10.5. The molecule has 0 unspecified atom stereocenters. The number of nitrogens with zero attached hydrogens (tertiary/aromatic N) is 3. The van der Waals surface area contributed by atoms with E-state index in [4.69, 9.17) is 9.47 Å². The van der Waals surface area contributed by atoms with Crippen LogP contribution in [0.4, 0.5) is 0 Å². The van der Waals surface area contributed by atoms with Gasteiger partial charge in [-0.15, -0.1) is 0 Å². The molecule has 5 nitrogen and oxygen atoms in total. The highest BCUT2D eigenvalue weighted by Gasteiger charge is 2.40. The quantitative estimate of drug-likeness (QED) is 0.717. The fourth-order valence-corrected chi connectivity index (χ4v) is 4.23. The Balaban J connectivity index is 0.000000169. The summed E-state index contributed by atoms with van der Waals surface area (Å²) in [6.45, 7) is 3.08. The molecule has 1 saturated heterocycles. The van der Waals surface area contributed by atoms with Crippen molar-refractivity contribution in [2.45, 2.75) is 76.2 Å². The van der Waals surface area contributed by atoms with E-state index in [1.54, 1.807) is 19.5 Å². The average molecular weight is 384 g/mol. The molecule has 3 heterocycles. The molecule has 1 aliphatic heterocycles. The topological polar surface area (TPSA) is 57.1 Å². The SMILES string of the molecule is CCCCc1cncc(OC)n1.c1ccc([C@@H]2CCOC3(CCCC3)C2)nc1. The number of rotatable bonds is 5. The zero-order chi connectivity index (χ0) is 19.7. The van der Waals surface area contributed by atoms with Gasteiger partial charge >= 0.3 is 0 Å². The minimum atomic E-state index is 0.209. The molecular weight excluding hydrogens is 350 g/mol. The molecule has 0 N–H and O–H groups in total. The molecule has 5 heteroatoms. The second-order valence-corrected chi connectivity index (χ2v) is 7.84. The Hall–Kier alpha value is -2.01. The first-order chi connectivity index (χ1) is 13.7. The lowest BCUT2D eigenvalue weighted by Crippen LogP contribution is -2.36. The maximum Gasteiger partial charge on any atom is 0.232 e. The third-order valence-corrected chi connectivity index (χ3v) is 5.77. The third-order valence-electron chi connectivity index (χ3n) is 5.77. The van der Waals surface area contributed by atoms with E-state index in [-0.39, 0.29) is 5.60 Å². The van der Waals surface area contributed by atoms with Crippen molar-refractivity contribution in [2.24, 2.45) is 0 Å².